The number of esters is 1. The largest absolute Gasteiger partial charge is 1.00 e. The SMILES string of the molecule is C=CC(=O)OCCCCCCCCCCC[N+](C)(C)C.[Cl-]. The lowest BCUT2D eigenvalue weighted by Crippen LogP contribution is -3.00. The van der Waals surface area contributed by atoms with Gasteiger partial charge in [0, 0.05) is 6.08 Å². The lowest BCUT2D eigenvalue weighted by molar-refractivity contribution is -0.870. The third-order valence-electron chi connectivity index (χ3n) is 3.38. The van der Waals surface area contributed by atoms with Crippen LogP contribution in [-0.4, -0.2) is 44.7 Å². The van der Waals surface area contributed by atoms with Crippen LogP contribution in [0.3, 0.4) is 0 Å². The number of unbranched alkanes of at least 4 members (excludes halogenated alkanes) is 8. The van der Waals surface area contributed by atoms with Crippen molar-refractivity contribution in [2.45, 2.75) is 57.8 Å². The molecule has 0 aliphatic carbocycles. The second kappa shape index (κ2) is 14.4. The van der Waals surface area contributed by atoms with Crippen molar-refractivity contribution in [3.05, 3.63) is 12.7 Å². The molecule has 0 heterocycles. The molecule has 0 bridgehead atoms. The summed E-state index contributed by atoms with van der Waals surface area (Å²) in [5.74, 6) is -0.307. The average molecular weight is 320 g/mol. The minimum atomic E-state index is -0.307. The molecule has 0 radical (unpaired) electrons. The number of ether oxygens (including phenoxy) is 1. The van der Waals surface area contributed by atoms with Crippen molar-refractivity contribution in [3.8, 4) is 0 Å². The molecule has 0 aromatic heterocycles. The minimum Gasteiger partial charge on any atom is -1.00 e. The van der Waals surface area contributed by atoms with Crippen LogP contribution >= 0.6 is 0 Å². The molecule has 4 heteroatoms. The lowest BCUT2D eigenvalue weighted by Gasteiger charge is -2.23. The maximum absolute atomic E-state index is 10.8. The monoisotopic (exact) mass is 319 g/mol. The number of carbonyl (C=O) groups is 1. The Morgan fingerprint density at radius 3 is 1.76 bits per heavy atom. The van der Waals surface area contributed by atoms with Crippen LogP contribution in [0.1, 0.15) is 57.8 Å². The highest BCUT2D eigenvalue weighted by molar-refractivity contribution is 5.81. The van der Waals surface area contributed by atoms with E-state index in [0.29, 0.717) is 6.61 Å². The molecule has 0 aliphatic rings. The molecule has 0 saturated carbocycles. The summed E-state index contributed by atoms with van der Waals surface area (Å²) in [5.41, 5.74) is 0. The van der Waals surface area contributed by atoms with E-state index in [9.17, 15) is 4.79 Å². The van der Waals surface area contributed by atoms with E-state index in [0.717, 1.165) is 17.3 Å². The Labute approximate surface area is 137 Å². The normalized spacial score (nSPS) is 10.8. The summed E-state index contributed by atoms with van der Waals surface area (Å²) in [5, 5.41) is 0. The Hall–Kier alpha value is -0.540. The van der Waals surface area contributed by atoms with Crippen molar-refractivity contribution in [1.29, 1.82) is 0 Å². The van der Waals surface area contributed by atoms with Crippen molar-refractivity contribution in [2.75, 3.05) is 34.3 Å². The Bertz CT molecular complexity index is 262. The molecule has 126 valence electrons. The summed E-state index contributed by atoms with van der Waals surface area (Å²) >= 11 is 0. The van der Waals surface area contributed by atoms with Gasteiger partial charge in [-0.05, 0) is 19.3 Å². The molecule has 0 aromatic rings. The molecule has 0 aliphatic heterocycles. The van der Waals surface area contributed by atoms with E-state index in [2.05, 4.69) is 27.7 Å². The predicted octanol–water partition coefficient (Wildman–Crippen LogP) is 0.937. The molecule has 0 unspecified atom stereocenters. The number of quaternary nitrogens is 1. The fourth-order valence-electron chi connectivity index (χ4n) is 2.16. The van der Waals surface area contributed by atoms with Crippen molar-refractivity contribution in [3.63, 3.8) is 0 Å². The van der Waals surface area contributed by atoms with Gasteiger partial charge < -0.3 is 21.6 Å². The van der Waals surface area contributed by atoms with Crippen LogP contribution < -0.4 is 12.4 Å². The van der Waals surface area contributed by atoms with Crippen molar-refractivity contribution >= 4 is 5.97 Å². The first kappa shape index (κ1) is 22.7. The van der Waals surface area contributed by atoms with Gasteiger partial charge in [-0.15, -0.1) is 0 Å². The van der Waals surface area contributed by atoms with Crippen LogP contribution in [0, 0.1) is 0 Å². The van der Waals surface area contributed by atoms with E-state index in [-0.39, 0.29) is 18.4 Å². The average Bonchev–Trinajstić information content (AvgIpc) is 2.38. The first-order valence-corrected chi connectivity index (χ1v) is 8.05. The standard InChI is InChI=1S/C17H34NO2.ClH/c1-5-17(19)20-16-14-12-10-8-6-7-9-11-13-15-18(2,3)4;/h5H,1,6-16H2,2-4H3;1H/q+1;/p-1. The molecule has 3 nitrogen and oxygen atoms in total. The highest BCUT2D eigenvalue weighted by Gasteiger charge is 2.04. The second-order valence-electron chi connectivity index (χ2n) is 6.57. The summed E-state index contributed by atoms with van der Waals surface area (Å²) in [6.07, 6.45) is 12.7. The first-order chi connectivity index (χ1) is 9.45. The van der Waals surface area contributed by atoms with E-state index >= 15 is 0 Å². The number of nitrogens with zero attached hydrogens (tertiary/aromatic N) is 1. The minimum absolute atomic E-state index is 0. The van der Waals surface area contributed by atoms with E-state index in [1.54, 1.807) is 0 Å². The van der Waals surface area contributed by atoms with Gasteiger partial charge in [0.15, 0.2) is 0 Å². The van der Waals surface area contributed by atoms with E-state index < -0.39 is 0 Å². The Balaban J connectivity index is 0. The van der Waals surface area contributed by atoms with Gasteiger partial charge in [-0.2, -0.15) is 0 Å². The van der Waals surface area contributed by atoms with Gasteiger partial charge in [-0.3, -0.25) is 0 Å². The smallest absolute Gasteiger partial charge is 0.330 e. The zero-order valence-electron chi connectivity index (χ0n) is 14.2. The van der Waals surface area contributed by atoms with E-state index in [4.69, 9.17) is 4.74 Å². The summed E-state index contributed by atoms with van der Waals surface area (Å²) < 4.78 is 6.01. The maximum atomic E-state index is 10.8. The van der Waals surface area contributed by atoms with Gasteiger partial charge >= 0.3 is 5.97 Å². The zero-order valence-corrected chi connectivity index (χ0v) is 15.0. The molecule has 21 heavy (non-hydrogen) atoms. The second-order valence-corrected chi connectivity index (χ2v) is 6.57. The lowest BCUT2D eigenvalue weighted by atomic mass is 10.1. The summed E-state index contributed by atoms with van der Waals surface area (Å²) in [6.45, 7) is 5.19. The number of halogens is 1. The third kappa shape index (κ3) is 19.5. The van der Waals surface area contributed by atoms with Crippen molar-refractivity contribution < 1.29 is 26.4 Å². The van der Waals surface area contributed by atoms with Crippen LogP contribution in [0.5, 0.6) is 0 Å². The molecule has 0 N–H and O–H groups in total. The number of carbonyl (C=O) groups excluding carboxylic acids is 1. The van der Waals surface area contributed by atoms with Gasteiger partial charge in [0.1, 0.15) is 0 Å². The quantitative estimate of drug-likeness (QED) is 0.218. The van der Waals surface area contributed by atoms with Crippen LogP contribution in [0.4, 0.5) is 0 Å². The maximum Gasteiger partial charge on any atom is 0.330 e. The van der Waals surface area contributed by atoms with Crippen molar-refractivity contribution in [1.82, 2.24) is 0 Å². The summed E-state index contributed by atoms with van der Waals surface area (Å²) in [4.78, 5) is 10.8. The van der Waals surface area contributed by atoms with Gasteiger partial charge in [-0.1, -0.05) is 45.1 Å². The van der Waals surface area contributed by atoms with Crippen LogP contribution in [-0.2, 0) is 9.53 Å². The van der Waals surface area contributed by atoms with Crippen molar-refractivity contribution in [2.24, 2.45) is 0 Å². The first-order valence-electron chi connectivity index (χ1n) is 8.05. The molecule has 0 amide bonds. The van der Waals surface area contributed by atoms with Gasteiger partial charge in [0.05, 0.1) is 34.3 Å². The zero-order chi connectivity index (χ0) is 15.3. The number of rotatable bonds is 13. The predicted molar refractivity (Wildman–Crippen MR) is 85.6 cm³/mol. The Morgan fingerprint density at radius 2 is 1.33 bits per heavy atom. The highest BCUT2D eigenvalue weighted by Crippen LogP contribution is 2.10. The summed E-state index contributed by atoms with van der Waals surface area (Å²) in [7, 11) is 6.77. The Kier molecular flexibility index (Phi) is 15.6. The molecule has 0 fully saturated rings. The summed E-state index contributed by atoms with van der Waals surface area (Å²) in [6, 6.07) is 0. The van der Waals surface area contributed by atoms with Gasteiger partial charge in [0.25, 0.3) is 0 Å². The fourth-order valence-corrected chi connectivity index (χ4v) is 2.16. The molecule has 0 saturated heterocycles. The Morgan fingerprint density at radius 1 is 0.905 bits per heavy atom. The number of hydrogen-bond acceptors (Lipinski definition) is 2. The third-order valence-corrected chi connectivity index (χ3v) is 3.38. The van der Waals surface area contributed by atoms with Crippen LogP contribution in [0.25, 0.3) is 0 Å². The van der Waals surface area contributed by atoms with Crippen LogP contribution in [0.2, 0.25) is 0 Å². The van der Waals surface area contributed by atoms with Gasteiger partial charge in [0.2, 0.25) is 0 Å². The molecule has 0 atom stereocenters. The molecule has 0 aromatic carbocycles. The molecule has 0 rings (SSSR count). The highest BCUT2D eigenvalue weighted by atomic mass is 35.5. The molecular formula is C17H34ClNO2. The molecular weight excluding hydrogens is 286 g/mol. The number of hydrogen-bond donors (Lipinski definition) is 0. The van der Waals surface area contributed by atoms with Crippen LogP contribution in [0.15, 0.2) is 12.7 Å². The topological polar surface area (TPSA) is 26.3 Å². The van der Waals surface area contributed by atoms with E-state index in [1.165, 1.54) is 57.6 Å². The van der Waals surface area contributed by atoms with E-state index in [1.807, 2.05) is 0 Å². The van der Waals surface area contributed by atoms with Gasteiger partial charge in [-0.25, -0.2) is 4.79 Å². The fraction of sp³-hybridized carbons (Fsp3) is 0.824. The molecule has 0 spiro atoms.